The van der Waals surface area contributed by atoms with Gasteiger partial charge in [0.25, 0.3) is 0 Å². The monoisotopic (exact) mass is 1100 g/mol. The van der Waals surface area contributed by atoms with E-state index < -0.39 is 160 Å². The first-order valence-electron chi connectivity index (χ1n) is 27.8. The number of hydrogen-bond donors (Lipinski definition) is 14. The van der Waals surface area contributed by atoms with Crippen molar-refractivity contribution in [2.75, 3.05) is 19.8 Å². The summed E-state index contributed by atoms with van der Waals surface area (Å²) in [5, 5.41) is 154. The van der Waals surface area contributed by atoms with E-state index in [0.29, 0.717) is 19.3 Å². The zero-order valence-corrected chi connectivity index (χ0v) is 45.4. The highest BCUT2D eigenvalue weighted by molar-refractivity contribution is 5.73. The van der Waals surface area contributed by atoms with Crippen LogP contribution in [0.2, 0.25) is 0 Å². The fraction of sp³-hybridized carbons (Fsp3) is 0.944. The molecular weight excluding hydrogens is 1020 g/mol. The Kier molecular flexibility index (Phi) is 16.8. The molecule has 9 aliphatic rings. The van der Waals surface area contributed by atoms with Gasteiger partial charge in [-0.2, -0.15) is 0 Å². The third kappa shape index (κ3) is 9.70. The summed E-state index contributed by atoms with van der Waals surface area (Å²) < 4.78 is 48.9. The van der Waals surface area contributed by atoms with Gasteiger partial charge in [0, 0.05) is 10.8 Å². The molecule has 0 amide bonds. The van der Waals surface area contributed by atoms with Crippen molar-refractivity contribution >= 4 is 5.97 Å². The lowest BCUT2D eigenvalue weighted by Crippen LogP contribution is -2.69. The molecule has 30 atom stereocenters. The van der Waals surface area contributed by atoms with Crippen molar-refractivity contribution in [3.8, 4) is 0 Å². The first-order valence-corrected chi connectivity index (χ1v) is 27.8. The number of fused-ring (bicyclic) bond motifs is 7. The maximum Gasteiger partial charge on any atom is 0.335 e. The summed E-state index contributed by atoms with van der Waals surface area (Å²) in [4.78, 5) is 12.7. The van der Waals surface area contributed by atoms with E-state index in [1.807, 2.05) is 6.92 Å². The number of allylic oxidation sites excluding steroid dienone is 2. The second kappa shape index (κ2) is 21.5. The van der Waals surface area contributed by atoms with E-state index in [9.17, 15) is 76.3 Å². The molecule has 14 N–H and O–H groups in total. The van der Waals surface area contributed by atoms with Crippen molar-refractivity contribution < 1.29 is 114 Å². The van der Waals surface area contributed by atoms with Crippen LogP contribution in [-0.4, -0.2) is 232 Å². The first kappa shape index (κ1) is 60.0. The molecule has 9 rings (SSSR count). The van der Waals surface area contributed by atoms with Crippen LogP contribution in [0, 0.1) is 50.2 Å². The largest absolute Gasteiger partial charge is 0.479 e. The fourth-order valence-corrected chi connectivity index (χ4v) is 16.6. The minimum absolute atomic E-state index is 0.0183. The van der Waals surface area contributed by atoms with E-state index in [4.69, 9.17) is 37.9 Å². The van der Waals surface area contributed by atoms with Crippen molar-refractivity contribution in [2.24, 2.45) is 50.2 Å². The van der Waals surface area contributed by atoms with Gasteiger partial charge in [0.15, 0.2) is 31.3 Å². The smallest absolute Gasteiger partial charge is 0.335 e. The van der Waals surface area contributed by atoms with Gasteiger partial charge in [-0.25, -0.2) is 4.79 Å². The molecule has 4 heterocycles. The molecule has 0 aromatic heterocycles. The van der Waals surface area contributed by atoms with Gasteiger partial charge in [0.2, 0.25) is 0 Å². The quantitative estimate of drug-likeness (QED) is 0.0783. The average molecular weight is 1110 g/mol. The maximum absolute atomic E-state index is 12.7. The van der Waals surface area contributed by atoms with Crippen molar-refractivity contribution in [2.45, 2.75) is 248 Å². The number of aliphatic hydroxyl groups is 13. The van der Waals surface area contributed by atoms with Crippen LogP contribution in [0.3, 0.4) is 0 Å². The Bertz CT molecular complexity index is 2130. The van der Waals surface area contributed by atoms with Gasteiger partial charge in [-0.3, -0.25) is 0 Å². The summed E-state index contributed by atoms with van der Waals surface area (Å²) >= 11 is 0. The molecule has 4 saturated carbocycles. The number of aliphatic hydroxyl groups excluding tert-OH is 13. The SMILES string of the molecule is C[C@@H]1O[C@@H](O[C@H]2[C@H](O[C@H]3[C@H](O[C@H]4CC[C@@]5(C)[C@@H](CC[C@]6(C)[C@@H]5CC=C5[C@@H]7CC(C)(C)C[C@@H](O)[C@]7(C)CC[C@]56C)[C@@]4(C)CO)O[C@H](C(=O)O)[C@@H](O)[C@@H]3O)O[C@H](CO)[C@H](O)[C@@H]2O[C@@H]2O[C@H](CO)[C@@H](O)[C@H](O)[C@H]2O)[C@H](O)[C@H](O)[C@H]1O. The molecule has 0 aromatic rings. The third-order valence-electron chi connectivity index (χ3n) is 21.6. The summed E-state index contributed by atoms with van der Waals surface area (Å²) in [6, 6.07) is 0. The molecule has 8 fully saturated rings. The van der Waals surface area contributed by atoms with Crippen LogP contribution < -0.4 is 0 Å². The molecule has 0 radical (unpaired) electrons. The summed E-state index contributed by atoms with van der Waals surface area (Å²) in [5.74, 6) is -1.39. The first-order chi connectivity index (χ1) is 36.0. The minimum atomic E-state index is -2.18. The van der Waals surface area contributed by atoms with Crippen LogP contribution in [0.1, 0.15) is 113 Å². The van der Waals surface area contributed by atoms with E-state index in [1.165, 1.54) is 12.5 Å². The summed E-state index contributed by atoms with van der Waals surface area (Å²) in [6.07, 6.45) is -29.5. The fourth-order valence-electron chi connectivity index (χ4n) is 16.6. The van der Waals surface area contributed by atoms with Gasteiger partial charge in [0.1, 0.15) is 85.5 Å². The van der Waals surface area contributed by atoms with E-state index in [0.717, 1.165) is 38.5 Å². The molecule has 4 saturated heterocycles. The Morgan fingerprint density at radius 2 is 1.16 bits per heavy atom. The molecule has 0 aromatic carbocycles. The predicted molar refractivity (Wildman–Crippen MR) is 263 cm³/mol. The molecule has 0 bridgehead atoms. The highest BCUT2D eigenvalue weighted by Crippen LogP contribution is 2.76. The molecule has 23 nitrogen and oxygen atoms in total. The molecule has 23 heteroatoms. The molecule has 0 spiro atoms. The van der Waals surface area contributed by atoms with Gasteiger partial charge in [-0.05, 0) is 104 Å². The topological polar surface area (TPSA) is 374 Å². The van der Waals surface area contributed by atoms with Gasteiger partial charge in [-0.1, -0.05) is 60.1 Å². The predicted octanol–water partition coefficient (Wildman–Crippen LogP) is -1.47. The lowest BCUT2D eigenvalue weighted by Gasteiger charge is -2.72. The van der Waals surface area contributed by atoms with E-state index in [2.05, 4.69) is 47.6 Å². The Hall–Kier alpha value is -1.63. The second-order valence-electron chi connectivity index (χ2n) is 26.4. The van der Waals surface area contributed by atoms with Crippen LogP contribution in [0.25, 0.3) is 0 Å². The number of ether oxygens (including phenoxy) is 8. The van der Waals surface area contributed by atoms with Crippen molar-refractivity contribution in [1.29, 1.82) is 0 Å². The summed E-state index contributed by atoms with van der Waals surface area (Å²) in [6.45, 7) is 15.0. The van der Waals surface area contributed by atoms with Crippen molar-refractivity contribution in [1.82, 2.24) is 0 Å². The van der Waals surface area contributed by atoms with Gasteiger partial charge >= 0.3 is 5.97 Å². The second-order valence-corrected chi connectivity index (χ2v) is 26.4. The molecule has 4 aliphatic heterocycles. The van der Waals surface area contributed by atoms with Crippen molar-refractivity contribution in [3.05, 3.63) is 11.6 Å². The standard InChI is InChI=1S/C54H88O23/c1-22-31(59)34(62)38(66)45(70-22)77-43-40(74-46-39(67)35(63)32(60)25(19-55)71-46)33(61)26(20-56)72-48(43)76-42-37(65)36(64)41(44(68)69)75-47(42)73-30-12-13-51(5)27(52(30,6)21-57)11-14-54(8)28(51)10-9-23-24-17-49(2,3)18-29(58)50(24,4)15-16-53(23,54)7/h9,22,24-43,45-48,55-67H,10-21H2,1-8H3,(H,68,69)/t22-,24-,25+,26+,27+,28+,29+,30-,31-,32+,33-,34+,35-,36-,37-,38+,39+,40-,41-,42+,43+,45-,46-,47+,48-,50+,51-,52+,53+,54+/m0/s1. The Morgan fingerprint density at radius 3 is 1.79 bits per heavy atom. The number of carboxylic acid groups (broad SMARTS) is 1. The number of carboxylic acids is 1. The number of aliphatic carboxylic acids is 1. The normalized spacial score (nSPS) is 55.7. The highest BCUT2D eigenvalue weighted by Gasteiger charge is 2.70. The summed E-state index contributed by atoms with van der Waals surface area (Å²) in [5.41, 5.74) is -0.425. The molecular formula is C54H88O23. The van der Waals surface area contributed by atoms with Gasteiger partial charge in [-0.15, -0.1) is 0 Å². The van der Waals surface area contributed by atoms with Gasteiger partial charge in [0.05, 0.1) is 38.1 Å². The van der Waals surface area contributed by atoms with Crippen LogP contribution in [0.4, 0.5) is 0 Å². The van der Waals surface area contributed by atoms with Crippen LogP contribution in [-0.2, 0) is 42.7 Å². The van der Waals surface area contributed by atoms with E-state index >= 15 is 0 Å². The van der Waals surface area contributed by atoms with Crippen molar-refractivity contribution in [3.63, 3.8) is 0 Å². The van der Waals surface area contributed by atoms with E-state index in [-0.39, 0.29) is 51.4 Å². The summed E-state index contributed by atoms with van der Waals surface area (Å²) in [7, 11) is 0. The minimum Gasteiger partial charge on any atom is -0.479 e. The number of carbonyl (C=O) groups is 1. The number of hydrogen-bond acceptors (Lipinski definition) is 22. The third-order valence-corrected chi connectivity index (χ3v) is 21.6. The Morgan fingerprint density at radius 1 is 0.571 bits per heavy atom. The Balaban J connectivity index is 1.03. The zero-order valence-electron chi connectivity index (χ0n) is 45.4. The van der Waals surface area contributed by atoms with Crippen LogP contribution >= 0.6 is 0 Å². The zero-order chi connectivity index (χ0) is 56.4. The van der Waals surface area contributed by atoms with Gasteiger partial charge < -0.3 is 109 Å². The van der Waals surface area contributed by atoms with Crippen LogP contribution in [0.5, 0.6) is 0 Å². The average Bonchev–Trinajstić information content (AvgIpc) is 3.37. The molecule has 5 aliphatic carbocycles. The lowest BCUT2D eigenvalue weighted by atomic mass is 9.33. The lowest BCUT2D eigenvalue weighted by molar-refractivity contribution is -0.410. The highest BCUT2D eigenvalue weighted by atomic mass is 16.8. The maximum atomic E-state index is 12.7. The number of rotatable bonds is 12. The molecule has 0 unspecified atom stereocenters. The van der Waals surface area contributed by atoms with E-state index in [1.54, 1.807) is 0 Å². The Labute approximate surface area is 449 Å². The molecule has 77 heavy (non-hydrogen) atoms. The van der Waals surface area contributed by atoms with Crippen LogP contribution in [0.15, 0.2) is 11.6 Å². The molecule has 442 valence electrons.